The molecule has 2 aromatic carbocycles. The van der Waals surface area contributed by atoms with E-state index in [9.17, 15) is 4.79 Å². The number of benzene rings is 2. The number of ketones is 1. The number of carbonyl (C=O) groups excluding carboxylic acids is 1. The summed E-state index contributed by atoms with van der Waals surface area (Å²) in [5.74, 6) is -0.189. The van der Waals surface area contributed by atoms with Crippen molar-refractivity contribution >= 4 is 39.9 Å². The number of halogens is 2. The van der Waals surface area contributed by atoms with Crippen molar-refractivity contribution < 1.29 is 4.79 Å². The van der Waals surface area contributed by atoms with Gasteiger partial charge in [0.15, 0.2) is 5.78 Å². The second-order valence-corrected chi connectivity index (χ2v) is 5.15. The lowest BCUT2D eigenvalue weighted by molar-refractivity contribution is 0.103. The van der Waals surface area contributed by atoms with Crippen molar-refractivity contribution in [2.24, 2.45) is 0 Å². The maximum absolute atomic E-state index is 12.5. The van der Waals surface area contributed by atoms with Crippen LogP contribution in [0.2, 0.25) is 10.0 Å². The van der Waals surface area contributed by atoms with Crippen molar-refractivity contribution in [3.8, 4) is 0 Å². The van der Waals surface area contributed by atoms with Crippen LogP contribution in [0.4, 0.5) is 0 Å². The summed E-state index contributed by atoms with van der Waals surface area (Å²) in [6.45, 7) is 0. The molecule has 0 unspecified atom stereocenters. The van der Waals surface area contributed by atoms with E-state index < -0.39 is 0 Å². The molecule has 2 nitrogen and oxygen atoms in total. The highest BCUT2D eigenvalue weighted by molar-refractivity contribution is 6.41. The Balaban J connectivity index is 2.13. The van der Waals surface area contributed by atoms with Gasteiger partial charge in [-0.15, -0.1) is 0 Å². The number of fused-ring (bicyclic) bond motifs is 1. The summed E-state index contributed by atoms with van der Waals surface area (Å²) < 4.78 is 0. The fraction of sp³-hybridized carbons (Fsp3) is 0. The van der Waals surface area contributed by atoms with E-state index in [-0.39, 0.29) is 5.78 Å². The fourth-order valence-corrected chi connectivity index (χ4v) is 2.65. The van der Waals surface area contributed by atoms with Gasteiger partial charge in [0.25, 0.3) is 0 Å². The largest absolute Gasteiger partial charge is 0.288 e. The standard InChI is InChI=1S/C16H9Cl2NO/c17-12-4-1-5-13(18)15(12)16(20)11-6-7-14-10(9-11)3-2-8-19-14/h1-9H. The first-order valence-corrected chi connectivity index (χ1v) is 6.76. The Kier molecular flexibility index (Phi) is 3.43. The van der Waals surface area contributed by atoms with Crippen LogP contribution in [0, 0.1) is 0 Å². The molecule has 0 atom stereocenters. The van der Waals surface area contributed by atoms with Gasteiger partial charge in [-0.3, -0.25) is 9.78 Å². The molecule has 0 spiro atoms. The second-order valence-electron chi connectivity index (χ2n) is 4.34. The molecule has 4 heteroatoms. The third kappa shape index (κ3) is 2.28. The Labute approximate surface area is 126 Å². The molecule has 3 rings (SSSR count). The van der Waals surface area contributed by atoms with Gasteiger partial charge in [0.1, 0.15) is 0 Å². The Morgan fingerprint density at radius 1 is 0.950 bits per heavy atom. The molecule has 0 saturated carbocycles. The van der Waals surface area contributed by atoms with Gasteiger partial charge in [-0.25, -0.2) is 0 Å². The highest BCUT2D eigenvalue weighted by Crippen LogP contribution is 2.27. The molecule has 20 heavy (non-hydrogen) atoms. The van der Waals surface area contributed by atoms with E-state index in [1.807, 2.05) is 18.2 Å². The van der Waals surface area contributed by atoms with Gasteiger partial charge in [-0.1, -0.05) is 35.3 Å². The molecule has 0 saturated heterocycles. The number of hydrogen-bond acceptors (Lipinski definition) is 2. The number of rotatable bonds is 2. The zero-order chi connectivity index (χ0) is 14.1. The summed E-state index contributed by atoms with van der Waals surface area (Å²) in [7, 11) is 0. The third-order valence-electron chi connectivity index (χ3n) is 3.06. The van der Waals surface area contributed by atoms with Crippen molar-refractivity contribution in [3.63, 3.8) is 0 Å². The predicted octanol–water partition coefficient (Wildman–Crippen LogP) is 4.77. The van der Waals surface area contributed by atoms with E-state index >= 15 is 0 Å². The summed E-state index contributed by atoms with van der Waals surface area (Å²) in [5, 5.41) is 1.61. The average Bonchev–Trinajstić information content (AvgIpc) is 2.46. The number of nitrogens with zero attached hydrogens (tertiary/aromatic N) is 1. The van der Waals surface area contributed by atoms with Crippen molar-refractivity contribution in [2.75, 3.05) is 0 Å². The minimum absolute atomic E-state index is 0.189. The van der Waals surface area contributed by atoms with Crippen LogP contribution < -0.4 is 0 Å². The van der Waals surface area contributed by atoms with E-state index in [2.05, 4.69) is 4.98 Å². The third-order valence-corrected chi connectivity index (χ3v) is 3.68. The van der Waals surface area contributed by atoms with Crippen LogP contribution in [0.15, 0.2) is 54.7 Å². The van der Waals surface area contributed by atoms with Gasteiger partial charge in [-0.05, 0) is 36.4 Å². The van der Waals surface area contributed by atoms with Crippen LogP contribution >= 0.6 is 23.2 Å². The quantitative estimate of drug-likeness (QED) is 0.638. The van der Waals surface area contributed by atoms with Gasteiger partial charge in [0.2, 0.25) is 0 Å². The van der Waals surface area contributed by atoms with Gasteiger partial charge in [0.05, 0.1) is 21.1 Å². The average molecular weight is 302 g/mol. The van der Waals surface area contributed by atoms with E-state index in [1.54, 1.807) is 36.5 Å². The molecule has 0 aliphatic heterocycles. The normalized spacial score (nSPS) is 10.7. The SMILES string of the molecule is O=C(c1ccc2ncccc2c1)c1c(Cl)cccc1Cl. The minimum Gasteiger partial charge on any atom is -0.288 e. The molecule has 1 aromatic heterocycles. The molecule has 0 bridgehead atoms. The lowest BCUT2D eigenvalue weighted by Gasteiger charge is -2.06. The summed E-state index contributed by atoms with van der Waals surface area (Å²) in [6, 6.07) is 14.1. The summed E-state index contributed by atoms with van der Waals surface area (Å²) in [6.07, 6.45) is 1.72. The molecule has 0 radical (unpaired) electrons. The van der Waals surface area contributed by atoms with E-state index in [4.69, 9.17) is 23.2 Å². The first-order chi connectivity index (χ1) is 9.66. The molecule has 0 fully saturated rings. The minimum atomic E-state index is -0.189. The molecule has 0 aliphatic rings. The zero-order valence-corrected chi connectivity index (χ0v) is 11.8. The van der Waals surface area contributed by atoms with E-state index in [0.717, 1.165) is 10.9 Å². The molecule has 98 valence electrons. The molecule has 0 amide bonds. The summed E-state index contributed by atoms with van der Waals surface area (Å²) in [4.78, 5) is 16.8. The Morgan fingerprint density at radius 3 is 2.45 bits per heavy atom. The van der Waals surface area contributed by atoms with Crippen LogP contribution in [0.5, 0.6) is 0 Å². The highest BCUT2D eigenvalue weighted by Gasteiger charge is 2.16. The van der Waals surface area contributed by atoms with Crippen molar-refractivity contribution in [2.45, 2.75) is 0 Å². The Bertz CT molecular complexity index is 794. The number of hydrogen-bond donors (Lipinski definition) is 0. The topological polar surface area (TPSA) is 30.0 Å². The highest BCUT2D eigenvalue weighted by atomic mass is 35.5. The fourth-order valence-electron chi connectivity index (χ4n) is 2.08. The number of aromatic nitrogens is 1. The number of pyridine rings is 1. The predicted molar refractivity (Wildman–Crippen MR) is 81.6 cm³/mol. The van der Waals surface area contributed by atoms with Crippen LogP contribution in [0.25, 0.3) is 10.9 Å². The number of carbonyl (C=O) groups is 1. The summed E-state index contributed by atoms with van der Waals surface area (Å²) in [5.41, 5.74) is 1.72. The van der Waals surface area contributed by atoms with Crippen molar-refractivity contribution in [1.29, 1.82) is 0 Å². The van der Waals surface area contributed by atoms with Gasteiger partial charge < -0.3 is 0 Å². The van der Waals surface area contributed by atoms with Crippen LogP contribution in [-0.2, 0) is 0 Å². The van der Waals surface area contributed by atoms with Crippen LogP contribution in [-0.4, -0.2) is 10.8 Å². The van der Waals surface area contributed by atoms with Gasteiger partial charge >= 0.3 is 0 Å². The maximum atomic E-state index is 12.5. The van der Waals surface area contributed by atoms with Crippen LogP contribution in [0.1, 0.15) is 15.9 Å². The lowest BCUT2D eigenvalue weighted by atomic mass is 10.0. The van der Waals surface area contributed by atoms with Gasteiger partial charge in [-0.2, -0.15) is 0 Å². The lowest BCUT2D eigenvalue weighted by Crippen LogP contribution is -2.03. The first kappa shape index (κ1) is 13.1. The van der Waals surface area contributed by atoms with Crippen molar-refractivity contribution in [3.05, 3.63) is 75.9 Å². The molecule has 0 N–H and O–H groups in total. The Hall–Kier alpha value is -1.90. The molecule has 1 heterocycles. The maximum Gasteiger partial charge on any atom is 0.196 e. The van der Waals surface area contributed by atoms with Gasteiger partial charge in [0, 0.05) is 17.1 Å². The molecule has 0 aliphatic carbocycles. The molecular weight excluding hydrogens is 293 g/mol. The summed E-state index contributed by atoms with van der Waals surface area (Å²) >= 11 is 12.1. The first-order valence-electron chi connectivity index (χ1n) is 6.00. The Morgan fingerprint density at radius 2 is 1.70 bits per heavy atom. The molecule has 3 aromatic rings. The van der Waals surface area contributed by atoms with E-state index in [1.165, 1.54) is 0 Å². The second kappa shape index (κ2) is 5.23. The van der Waals surface area contributed by atoms with Crippen LogP contribution in [0.3, 0.4) is 0 Å². The molecular formula is C16H9Cl2NO. The van der Waals surface area contributed by atoms with E-state index in [0.29, 0.717) is 21.2 Å². The van der Waals surface area contributed by atoms with Crippen molar-refractivity contribution in [1.82, 2.24) is 4.98 Å². The monoisotopic (exact) mass is 301 g/mol. The zero-order valence-electron chi connectivity index (χ0n) is 10.3. The smallest absolute Gasteiger partial charge is 0.196 e.